The van der Waals surface area contributed by atoms with Crippen molar-refractivity contribution >= 4 is 41.2 Å². The molecule has 2 N–H and O–H groups in total. The first-order valence-electron chi connectivity index (χ1n) is 9.61. The molecule has 1 aliphatic heterocycles. The van der Waals surface area contributed by atoms with E-state index in [0.717, 1.165) is 5.56 Å². The first-order valence-corrected chi connectivity index (χ1v) is 11.1. The largest absolute Gasteiger partial charge is 0.480 e. The molecule has 1 amide bonds. The van der Waals surface area contributed by atoms with Crippen molar-refractivity contribution in [2.75, 3.05) is 18.9 Å². The van der Waals surface area contributed by atoms with Gasteiger partial charge >= 0.3 is 11.9 Å². The summed E-state index contributed by atoms with van der Waals surface area (Å²) in [5.41, 5.74) is 1.08. The van der Waals surface area contributed by atoms with E-state index >= 15 is 0 Å². The summed E-state index contributed by atoms with van der Waals surface area (Å²) in [6, 6.07) is 5.31. The number of nitrogens with one attached hydrogen (secondary N) is 1. The third-order valence-corrected chi connectivity index (χ3v) is 6.04. The van der Waals surface area contributed by atoms with Crippen molar-refractivity contribution in [2.24, 2.45) is 0 Å². The molecule has 1 aliphatic rings. The summed E-state index contributed by atoms with van der Waals surface area (Å²) in [5.74, 6) is -0.631. The Labute approximate surface area is 180 Å². The number of rotatable bonds is 10. The molecule has 0 aliphatic carbocycles. The van der Waals surface area contributed by atoms with Crippen molar-refractivity contribution < 1.29 is 24.2 Å². The van der Waals surface area contributed by atoms with E-state index in [9.17, 15) is 19.5 Å². The average Bonchev–Trinajstić information content (AvgIpc) is 3.18. The molecule has 1 fully saturated rings. The van der Waals surface area contributed by atoms with E-state index in [1.54, 1.807) is 25.6 Å². The normalized spacial score (nSPS) is 18.3. The first kappa shape index (κ1) is 23.5. The number of hydrogen-bond donors (Lipinski definition) is 2. The summed E-state index contributed by atoms with van der Waals surface area (Å²) >= 11 is 7.43. The lowest BCUT2D eigenvalue weighted by atomic mass is 10.2. The van der Waals surface area contributed by atoms with Crippen LogP contribution in [-0.4, -0.2) is 64.9 Å². The van der Waals surface area contributed by atoms with Crippen LogP contribution in [0.15, 0.2) is 24.3 Å². The molecule has 160 valence electrons. The molecule has 0 radical (unpaired) electrons. The third-order valence-electron chi connectivity index (χ3n) is 4.68. The second-order valence-electron chi connectivity index (χ2n) is 6.86. The Hall–Kier alpha value is -1.77. The summed E-state index contributed by atoms with van der Waals surface area (Å²) in [6.07, 6.45) is 1.11. The summed E-state index contributed by atoms with van der Waals surface area (Å²) in [4.78, 5) is 37.8. The molecule has 1 heterocycles. The summed E-state index contributed by atoms with van der Waals surface area (Å²) < 4.78 is 5.14. The number of esters is 1. The average molecular weight is 443 g/mol. The van der Waals surface area contributed by atoms with Gasteiger partial charge in [0, 0.05) is 23.1 Å². The van der Waals surface area contributed by atoms with Gasteiger partial charge in [-0.1, -0.05) is 23.7 Å². The minimum absolute atomic E-state index is 0.244. The van der Waals surface area contributed by atoms with Crippen LogP contribution in [0.5, 0.6) is 0 Å². The number of benzene rings is 1. The molecule has 2 rings (SSSR count). The van der Waals surface area contributed by atoms with E-state index in [1.165, 1.54) is 4.90 Å². The fraction of sp³-hybridized carbons (Fsp3) is 0.550. The number of aliphatic carboxylic acids is 1. The highest BCUT2D eigenvalue weighted by Crippen LogP contribution is 2.20. The van der Waals surface area contributed by atoms with Gasteiger partial charge in [-0.25, -0.2) is 4.79 Å². The summed E-state index contributed by atoms with van der Waals surface area (Å²) in [7, 11) is 0. The highest BCUT2D eigenvalue weighted by atomic mass is 35.5. The fourth-order valence-electron chi connectivity index (χ4n) is 3.21. The quantitative estimate of drug-likeness (QED) is 0.537. The molecular formula is C20H27ClN2O5S. The van der Waals surface area contributed by atoms with Gasteiger partial charge in [-0.15, -0.1) is 0 Å². The van der Waals surface area contributed by atoms with Crippen LogP contribution in [0.2, 0.25) is 5.02 Å². The molecule has 7 nitrogen and oxygen atoms in total. The van der Waals surface area contributed by atoms with Crippen molar-refractivity contribution in [1.29, 1.82) is 0 Å². The smallest absolute Gasteiger partial charge is 0.326 e. The van der Waals surface area contributed by atoms with Crippen LogP contribution < -0.4 is 5.32 Å². The molecular weight excluding hydrogens is 416 g/mol. The van der Waals surface area contributed by atoms with E-state index in [4.69, 9.17) is 16.3 Å². The zero-order valence-corrected chi connectivity index (χ0v) is 18.2. The van der Waals surface area contributed by atoms with E-state index in [-0.39, 0.29) is 12.5 Å². The maximum Gasteiger partial charge on any atom is 0.326 e. The number of hydrogen-bond acceptors (Lipinski definition) is 6. The van der Waals surface area contributed by atoms with Gasteiger partial charge in [0.05, 0.1) is 12.6 Å². The molecule has 0 spiro atoms. The Morgan fingerprint density at radius 1 is 1.34 bits per heavy atom. The standard InChI is InChI=1S/C20H27ClN2O5S/c1-3-28-20(27)16(12-29-11-14-6-8-15(21)9-7-14)22-13(2)18(24)23-10-4-5-17(23)19(25)26/h6-9,13,16-17,22H,3-5,10-12H2,1-2H3,(H,25,26)/t13-,16?,17-/m0/s1. The van der Waals surface area contributed by atoms with E-state index in [0.29, 0.717) is 35.9 Å². The molecule has 1 unspecified atom stereocenters. The van der Waals surface area contributed by atoms with Crippen molar-refractivity contribution in [2.45, 2.75) is 50.6 Å². The molecule has 1 aromatic carbocycles. The van der Waals surface area contributed by atoms with Gasteiger partial charge in [0.1, 0.15) is 12.1 Å². The van der Waals surface area contributed by atoms with Crippen LogP contribution in [0.25, 0.3) is 0 Å². The van der Waals surface area contributed by atoms with Gasteiger partial charge < -0.3 is 14.7 Å². The highest BCUT2D eigenvalue weighted by Gasteiger charge is 2.37. The number of nitrogens with zero attached hydrogens (tertiary/aromatic N) is 1. The van der Waals surface area contributed by atoms with Crippen LogP contribution in [-0.2, 0) is 24.9 Å². The van der Waals surface area contributed by atoms with Gasteiger partial charge in [0.25, 0.3) is 0 Å². The Bertz CT molecular complexity index is 715. The van der Waals surface area contributed by atoms with Gasteiger partial charge in [-0.2, -0.15) is 11.8 Å². The number of ether oxygens (including phenoxy) is 1. The SMILES string of the molecule is CCOC(=O)C(CSCc1ccc(Cl)cc1)N[C@@H](C)C(=O)N1CCC[C@H]1C(=O)O. The van der Waals surface area contributed by atoms with Crippen LogP contribution in [0.3, 0.4) is 0 Å². The number of likely N-dealkylation sites (tertiary alicyclic amines) is 1. The molecule has 1 saturated heterocycles. The molecule has 9 heteroatoms. The Morgan fingerprint density at radius 3 is 2.66 bits per heavy atom. The van der Waals surface area contributed by atoms with Crippen molar-refractivity contribution in [3.05, 3.63) is 34.9 Å². The molecule has 29 heavy (non-hydrogen) atoms. The number of amides is 1. The summed E-state index contributed by atoms with van der Waals surface area (Å²) in [6.45, 7) is 4.04. The summed E-state index contributed by atoms with van der Waals surface area (Å²) in [5, 5.41) is 13.0. The Morgan fingerprint density at radius 2 is 2.03 bits per heavy atom. The molecule has 0 saturated carbocycles. The maximum atomic E-state index is 12.7. The van der Waals surface area contributed by atoms with Crippen molar-refractivity contribution in [1.82, 2.24) is 10.2 Å². The number of carbonyl (C=O) groups is 3. The van der Waals surface area contributed by atoms with Crippen LogP contribution in [0.4, 0.5) is 0 Å². The second-order valence-corrected chi connectivity index (χ2v) is 8.33. The van der Waals surface area contributed by atoms with Crippen LogP contribution >= 0.6 is 23.4 Å². The van der Waals surface area contributed by atoms with Crippen LogP contribution in [0, 0.1) is 0 Å². The van der Waals surface area contributed by atoms with E-state index in [1.807, 2.05) is 24.3 Å². The molecule has 0 aromatic heterocycles. The van der Waals surface area contributed by atoms with Gasteiger partial charge in [0.15, 0.2) is 0 Å². The van der Waals surface area contributed by atoms with Crippen molar-refractivity contribution in [3.63, 3.8) is 0 Å². The molecule has 3 atom stereocenters. The number of carboxylic acids is 1. The zero-order chi connectivity index (χ0) is 21.4. The molecule has 1 aromatic rings. The van der Waals surface area contributed by atoms with Crippen molar-refractivity contribution in [3.8, 4) is 0 Å². The van der Waals surface area contributed by atoms with Gasteiger partial charge in [-0.3, -0.25) is 14.9 Å². The zero-order valence-electron chi connectivity index (χ0n) is 16.6. The lowest BCUT2D eigenvalue weighted by Crippen LogP contribution is -2.54. The second kappa shape index (κ2) is 11.4. The fourth-order valence-corrected chi connectivity index (χ4v) is 4.35. The minimum Gasteiger partial charge on any atom is -0.480 e. The number of halogens is 1. The predicted octanol–water partition coefficient (Wildman–Crippen LogP) is 2.56. The number of thioether (sulfide) groups is 1. The van der Waals surface area contributed by atoms with E-state index in [2.05, 4.69) is 5.32 Å². The molecule has 0 bridgehead atoms. The first-order chi connectivity index (χ1) is 13.8. The van der Waals surface area contributed by atoms with Crippen LogP contribution in [0.1, 0.15) is 32.3 Å². The number of carboxylic acid groups (broad SMARTS) is 1. The topological polar surface area (TPSA) is 95.9 Å². The monoisotopic (exact) mass is 442 g/mol. The Balaban J connectivity index is 1.95. The van der Waals surface area contributed by atoms with Gasteiger partial charge in [0.2, 0.25) is 5.91 Å². The third kappa shape index (κ3) is 6.90. The lowest BCUT2D eigenvalue weighted by Gasteiger charge is -2.27. The minimum atomic E-state index is -0.997. The van der Waals surface area contributed by atoms with Gasteiger partial charge in [-0.05, 0) is 44.4 Å². The van der Waals surface area contributed by atoms with E-state index < -0.39 is 30.1 Å². The number of carbonyl (C=O) groups excluding carboxylic acids is 2. The maximum absolute atomic E-state index is 12.7. The predicted molar refractivity (Wildman–Crippen MR) is 113 cm³/mol. The lowest BCUT2D eigenvalue weighted by molar-refractivity contribution is -0.150. The Kier molecular flexibility index (Phi) is 9.26. The highest BCUT2D eigenvalue weighted by molar-refractivity contribution is 7.98.